The lowest BCUT2D eigenvalue weighted by Crippen LogP contribution is -2.36. The minimum absolute atomic E-state index is 0.0634. The van der Waals surface area contributed by atoms with E-state index < -0.39 is 22.5 Å². The van der Waals surface area contributed by atoms with Crippen LogP contribution in [-0.2, 0) is 14.8 Å². The van der Waals surface area contributed by atoms with E-state index in [4.69, 9.17) is 27.9 Å². The normalized spacial score (nSPS) is 11.3. The van der Waals surface area contributed by atoms with E-state index in [1.165, 1.54) is 19.2 Å². The first-order valence-electron chi connectivity index (χ1n) is 7.44. The maximum atomic E-state index is 13.2. The van der Waals surface area contributed by atoms with Crippen LogP contribution in [0.3, 0.4) is 0 Å². The molecule has 0 saturated carbocycles. The molecule has 0 unspecified atom stereocenters. The lowest BCUT2D eigenvalue weighted by molar-refractivity contribution is -0.135. The third-order valence-corrected chi connectivity index (χ3v) is 6.70. The fourth-order valence-corrected chi connectivity index (χ4v) is 4.71. The third kappa shape index (κ3) is 3.75. The predicted molar refractivity (Wildman–Crippen MR) is 101 cm³/mol. The summed E-state index contributed by atoms with van der Waals surface area (Å²) in [6.45, 7) is 2.77. The molecule has 0 spiro atoms. The second-order valence-electron chi connectivity index (χ2n) is 5.52. The number of benzene rings is 2. The van der Waals surface area contributed by atoms with Gasteiger partial charge in [-0.1, -0.05) is 35.3 Å². The number of aliphatic carboxylic acids is 1. The molecule has 0 aliphatic heterocycles. The van der Waals surface area contributed by atoms with Crippen LogP contribution in [0.5, 0.6) is 5.75 Å². The maximum Gasteiger partial charge on any atom is 0.324 e. The number of hydrogen-bond acceptors (Lipinski definition) is 4. The van der Waals surface area contributed by atoms with E-state index in [9.17, 15) is 18.3 Å². The van der Waals surface area contributed by atoms with Crippen molar-refractivity contribution in [2.75, 3.05) is 18.0 Å². The minimum Gasteiger partial charge on any atom is -0.495 e. The average molecular weight is 418 g/mol. The summed E-state index contributed by atoms with van der Waals surface area (Å²) in [7, 11) is -2.91. The Balaban J connectivity index is 2.70. The number of rotatable bonds is 6. The van der Waals surface area contributed by atoms with Crippen LogP contribution in [0.4, 0.5) is 5.69 Å². The van der Waals surface area contributed by atoms with Gasteiger partial charge >= 0.3 is 5.97 Å². The molecule has 0 bridgehead atoms. The van der Waals surface area contributed by atoms with Crippen LogP contribution >= 0.6 is 23.2 Å². The van der Waals surface area contributed by atoms with Crippen LogP contribution in [0.1, 0.15) is 11.1 Å². The van der Waals surface area contributed by atoms with E-state index in [1.807, 2.05) is 13.0 Å². The Morgan fingerprint density at radius 2 is 1.81 bits per heavy atom. The second-order valence-corrected chi connectivity index (χ2v) is 8.11. The lowest BCUT2D eigenvalue weighted by atomic mass is 10.1. The number of methoxy groups -OCH3 is 1. The molecule has 0 radical (unpaired) electrons. The van der Waals surface area contributed by atoms with Crippen molar-refractivity contribution in [2.24, 2.45) is 0 Å². The predicted octanol–water partition coefficient (Wildman–Crippen LogP) is 3.90. The maximum absolute atomic E-state index is 13.2. The number of hydrogen-bond donors (Lipinski definition) is 1. The van der Waals surface area contributed by atoms with E-state index >= 15 is 0 Å². The summed E-state index contributed by atoms with van der Waals surface area (Å²) in [5, 5.41) is 8.94. The van der Waals surface area contributed by atoms with Gasteiger partial charge in [-0.25, -0.2) is 8.42 Å². The first-order chi connectivity index (χ1) is 12.1. The van der Waals surface area contributed by atoms with Crippen molar-refractivity contribution < 1.29 is 23.1 Å². The Kier molecular flexibility index (Phi) is 6.05. The number of carbonyl (C=O) groups is 1. The zero-order valence-corrected chi connectivity index (χ0v) is 16.6. The zero-order valence-electron chi connectivity index (χ0n) is 14.3. The van der Waals surface area contributed by atoms with Crippen LogP contribution in [0.25, 0.3) is 0 Å². The molecule has 0 aromatic heterocycles. The van der Waals surface area contributed by atoms with Crippen LogP contribution < -0.4 is 9.04 Å². The van der Waals surface area contributed by atoms with Gasteiger partial charge < -0.3 is 9.84 Å². The van der Waals surface area contributed by atoms with Gasteiger partial charge in [-0.15, -0.1) is 0 Å². The Morgan fingerprint density at radius 3 is 2.38 bits per heavy atom. The monoisotopic (exact) mass is 417 g/mol. The van der Waals surface area contributed by atoms with Gasteiger partial charge in [0.2, 0.25) is 0 Å². The molecule has 0 aliphatic rings. The third-order valence-electron chi connectivity index (χ3n) is 3.92. The van der Waals surface area contributed by atoms with Gasteiger partial charge in [-0.05, 0) is 43.2 Å². The highest BCUT2D eigenvalue weighted by Crippen LogP contribution is 2.39. The molecule has 2 aromatic carbocycles. The summed E-state index contributed by atoms with van der Waals surface area (Å²) in [6, 6.07) is 7.61. The van der Waals surface area contributed by atoms with Gasteiger partial charge in [0.1, 0.15) is 22.2 Å². The van der Waals surface area contributed by atoms with Crippen molar-refractivity contribution in [3.63, 3.8) is 0 Å². The van der Waals surface area contributed by atoms with Crippen molar-refractivity contribution >= 4 is 44.9 Å². The number of anilines is 1. The Morgan fingerprint density at radius 1 is 1.15 bits per heavy atom. The van der Waals surface area contributed by atoms with Gasteiger partial charge in [0.15, 0.2) is 0 Å². The van der Waals surface area contributed by atoms with E-state index in [2.05, 4.69) is 0 Å². The molecule has 0 heterocycles. The highest BCUT2D eigenvalue weighted by molar-refractivity contribution is 7.93. The molecule has 9 heteroatoms. The van der Waals surface area contributed by atoms with Gasteiger partial charge in [0.25, 0.3) is 10.0 Å². The van der Waals surface area contributed by atoms with Gasteiger partial charge in [-0.2, -0.15) is 0 Å². The largest absolute Gasteiger partial charge is 0.495 e. The van der Waals surface area contributed by atoms with Crippen molar-refractivity contribution in [1.29, 1.82) is 0 Å². The van der Waals surface area contributed by atoms with Gasteiger partial charge in [-0.3, -0.25) is 9.10 Å². The quantitative estimate of drug-likeness (QED) is 0.770. The summed E-state index contributed by atoms with van der Waals surface area (Å²) in [6.07, 6.45) is 0. The van der Waals surface area contributed by atoms with E-state index in [0.29, 0.717) is 5.56 Å². The zero-order chi connectivity index (χ0) is 19.6. The van der Waals surface area contributed by atoms with Crippen molar-refractivity contribution in [1.82, 2.24) is 0 Å². The first-order valence-corrected chi connectivity index (χ1v) is 9.63. The van der Waals surface area contributed by atoms with E-state index in [1.54, 1.807) is 19.1 Å². The first kappa shape index (κ1) is 20.4. The molecular weight excluding hydrogens is 401 g/mol. The van der Waals surface area contributed by atoms with Crippen LogP contribution in [-0.4, -0.2) is 33.1 Å². The highest BCUT2D eigenvalue weighted by Gasteiger charge is 2.31. The number of carboxylic acid groups (broad SMARTS) is 1. The fraction of sp³-hybridized carbons (Fsp3) is 0.235. The van der Waals surface area contributed by atoms with Crippen LogP contribution in [0.2, 0.25) is 10.0 Å². The molecule has 6 nitrogen and oxygen atoms in total. The average Bonchev–Trinajstić information content (AvgIpc) is 2.57. The van der Waals surface area contributed by atoms with Gasteiger partial charge in [0, 0.05) is 0 Å². The summed E-state index contributed by atoms with van der Waals surface area (Å²) >= 11 is 12.2. The number of carboxylic acids is 1. The molecule has 26 heavy (non-hydrogen) atoms. The van der Waals surface area contributed by atoms with Crippen LogP contribution in [0.15, 0.2) is 35.2 Å². The number of ether oxygens (including phenoxy) is 1. The fourth-order valence-electron chi connectivity index (χ4n) is 2.42. The molecule has 1 N–H and O–H groups in total. The molecule has 0 saturated heterocycles. The number of nitrogens with zero attached hydrogens (tertiary/aromatic N) is 1. The molecule has 0 amide bonds. The summed E-state index contributed by atoms with van der Waals surface area (Å²) in [4.78, 5) is 11.0. The minimum atomic E-state index is -4.29. The molecule has 2 aromatic rings. The smallest absolute Gasteiger partial charge is 0.324 e. The van der Waals surface area contributed by atoms with Gasteiger partial charge in [0.05, 0.1) is 17.8 Å². The Hall–Kier alpha value is -1.96. The van der Waals surface area contributed by atoms with Crippen molar-refractivity contribution in [3.05, 3.63) is 51.5 Å². The lowest BCUT2D eigenvalue weighted by Gasteiger charge is -2.25. The molecule has 140 valence electrons. The molecule has 0 atom stereocenters. The Labute approximate surface area is 162 Å². The summed E-state index contributed by atoms with van der Waals surface area (Å²) in [5.41, 5.74) is 1.73. The topological polar surface area (TPSA) is 83.9 Å². The molecular formula is C17H17Cl2NO5S. The summed E-state index contributed by atoms with van der Waals surface area (Å²) < 4.78 is 32.2. The Bertz CT molecular complexity index is 960. The molecule has 0 fully saturated rings. The second kappa shape index (κ2) is 7.73. The summed E-state index contributed by atoms with van der Waals surface area (Å²) in [5.74, 6) is -1.09. The molecule has 0 aliphatic carbocycles. The number of halogens is 2. The van der Waals surface area contributed by atoms with E-state index in [-0.39, 0.29) is 26.4 Å². The van der Waals surface area contributed by atoms with Crippen LogP contribution in [0, 0.1) is 13.8 Å². The molecule has 2 rings (SSSR count). The van der Waals surface area contributed by atoms with Crippen molar-refractivity contribution in [3.8, 4) is 5.75 Å². The SMILES string of the molecule is COc1ccc(S(=O)(=O)N(CC(=O)O)c2cccc(C)c2C)c(Cl)c1Cl. The number of sulfonamides is 1. The highest BCUT2D eigenvalue weighted by atomic mass is 35.5. The number of aryl methyl sites for hydroxylation is 1. The van der Waals surface area contributed by atoms with Crippen molar-refractivity contribution in [2.45, 2.75) is 18.7 Å². The standard InChI is InChI=1S/C17H17Cl2NO5S/c1-10-5-4-6-12(11(10)2)20(9-15(21)22)26(23,24)14-8-7-13(25-3)16(18)17(14)19/h4-8H,9H2,1-3H3,(H,21,22). The van der Waals surface area contributed by atoms with E-state index in [0.717, 1.165) is 9.87 Å².